The zero-order chi connectivity index (χ0) is 13.2. The molecule has 0 bridgehead atoms. The Morgan fingerprint density at radius 2 is 2.12 bits per heavy atom. The predicted molar refractivity (Wildman–Crippen MR) is 68.7 cm³/mol. The molecule has 0 saturated carbocycles. The van der Waals surface area contributed by atoms with E-state index in [0.29, 0.717) is 5.56 Å². The summed E-state index contributed by atoms with van der Waals surface area (Å²) in [6.07, 6.45) is 1.43. The Kier molecular flexibility index (Phi) is 4.63. The second-order valence-electron chi connectivity index (χ2n) is 4.73. The summed E-state index contributed by atoms with van der Waals surface area (Å²) in [7, 11) is -1.26. The van der Waals surface area contributed by atoms with Crippen molar-refractivity contribution in [1.82, 2.24) is 9.71 Å². The maximum Gasteiger partial charge on any atom is 0.165 e. The van der Waals surface area contributed by atoms with Crippen molar-refractivity contribution in [3.05, 3.63) is 28.8 Å². The molecule has 1 aromatic rings. The highest BCUT2D eigenvalue weighted by molar-refractivity contribution is 7.84. The Hall–Kier alpha value is -0.520. The van der Waals surface area contributed by atoms with Crippen molar-refractivity contribution in [3.63, 3.8) is 0 Å². The quantitative estimate of drug-likeness (QED) is 0.864. The average molecular weight is 279 g/mol. The van der Waals surface area contributed by atoms with Gasteiger partial charge in [-0.15, -0.1) is 0 Å². The van der Waals surface area contributed by atoms with Gasteiger partial charge in [0, 0.05) is 17.8 Å². The Morgan fingerprint density at radius 1 is 1.53 bits per heavy atom. The largest absolute Gasteiger partial charge is 0.242 e. The van der Waals surface area contributed by atoms with Crippen molar-refractivity contribution in [2.75, 3.05) is 0 Å². The SMILES string of the molecule is C[C@@H](NS(=O)C(C)(C)C)c1ccnc(Cl)c1F. The first-order chi connectivity index (χ1) is 7.73. The van der Waals surface area contributed by atoms with Gasteiger partial charge in [0.15, 0.2) is 11.0 Å². The molecule has 1 rings (SSSR count). The molecule has 96 valence electrons. The molecule has 0 aliphatic carbocycles. The molecule has 0 aromatic carbocycles. The number of pyridine rings is 1. The highest BCUT2D eigenvalue weighted by atomic mass is 35.5. The van der Waals surface area contributed by atoms with Crippen LogP contribution in [0.25, 0.3) is 0 Å². The van der Waals surface area contributed by atoms with E-state index in [1.165, 1.54) is 12.3 Å². The summed E-state index contributed by atoms with van der Waals surface area (Å²) in [4.78, 5) is 3.64. The highest BCUT2D eigenvalue weighted by Crippen LogP contribution is 2.22. The van der Waals surface area contributed by atoms with Crippen LogP contribution in [-0.2, 0) is 11.0 Å². The standard InChI is InChI=1S/C11H16ClFN2OS/c1-7(15-17(16)11(2,3)4)8-5-6-14-10(12)9(8)13/h5-7,15H,1-4H3/t7-,17?/m1/s1. The summed E-state index contributed by atoms with van der Waals surface area (Å²) in [6.45, 7) is 7.27. The van der Waals surface area contributed by atoms with Crippen LogP contribution in [0.1, 0.15) is 39.3 Å². The number of rotatable bonds is 3. The van der Waals surface area contributed by atoms with Crippen molar-refractivity contribution in [3.8, 4) is 0 Å². The number of halogens is 2. The normalized spacial score (nSPS) is 15.6. The van der Waals surface area contributed by atoms with E-state index in [1.807, 2.05) is 20.8 Å². The summed E-state index contributed by atoms with van der Waals surface area (Å²) in [5.74, 6) is -0.569. The molecule has 17 heavy (non-hydrogen) atoms. The zero-order valence-corrected chi connectivity index (χ0v) is 11.8. The highest BCUT2D eigenvalue weighted by Gasteiger charge is 2.23. The van der Waals surface area contributed by atoms with Crippen LogP contribution in [0.2, 0.25) is 5.15 Å². The van der Waals surface area contributed by atoms with E-state index in [1.54, 1.807) is 6.92 Å². The minimum Gasteiger partial charge on any atom is -0.242 e. The van der Waals surface area contributed by atoms with Crippen molar-refractivity contribution in [1.29, 1.82) is 0 Å². The van der Waals surface area contributed by atoms with Crippen LogP contribution in [0.4, 0.5) is 4.39 Å². The molecular weight excluding hydrogens is 263 g/mol. The molecule has 6 heteroatoms. The fraction of sp³-hybridized carbons (Fsp3) is 0.545. The van der Waals surface area contributed by atoms with Gasteiger partial charge in [-0.2, -0.15) is 0 Å². The Labute approximate surface area is 108 Å². The summed E-state index contributed by atoms with van der Waals surface area (Å²) in [5, 5.41) is -0.169. The first-order valence-electron chi connectivity index (χ1n) is 5.21. The summed E-state index contributed by atoms with van der Waals surface area (Å²) >= 11 is 5.59. The average Bonchev–Trinajstić information content (AvgIpc) is 2.20. The van der Waals surface area contributed by atoms with E-state index >= 15 is 0 Å². The van der Waals surface area contributed by atoms with Gasteiger partial charge in [0.25, 0.3) is 0 Å². The Bertz CT molecular complexity index is 434. The van der Waals surface area contributed by atoms with E-state index in [-0.39, 0.29) is 5.15 Å². The molecule has 0 spiro atoms. The monoisotopic (exact) mass is 278 g/mol. The van der Waals surface area contributed by atoms with Gasteiger partial charge >= 0.3 is 0 Å². The van der Waals surface area contributed by atoms with E-state index < -0.39 is 27.6 Å². The molecule has 0 aliphatic rings. The third kappa shape index (κ3) is 3.72. The molecule has 1 heterocycles. The lowest BCUT2D eigenvalue weighted by Gasteiger charge is -2.22. The van der Waals surface area contributed by atoms with E-state index in [4.69, 9.17) is 11.6 Å². The molecule has 2 atom stereocenters. The molecule has 0 aliphatic heterocycles. The second-order valence-corrected chi connectivity index (χ2v) is 7.08. The van der Waals surface area contributed by atoms with E-state index in [2.05, 4.69) is 9.71 Å². The van der Waals surface area contributed by atoms with Crippen molar-refractivity contribution in [2.24, 2.45) is 0 Å². The lowest BCUT2D eigenvalue weighted by molar-refractivity contribution is 0.568. The van der Waals surface area contributed by atoms with Gasteiger partial charge in [0.2, 0.25) is 0 Å². The molecule has 0 saturated heterocycles. The maximum atomic E-state index is 13.7. The molecule has 0 radical (unpaired) electrons. The van der Waals surface area contributed by atoms with Crippen LogP contribution in [-0.4, -0.2) is 13.9 Å². The number of nitrogens with one attached hydrogen (secondary N) is 1. The van der Waals surface area contributed by atoms with Crippen LogP contribution in [0.3, 0.4) is 0 Å². The number of hydrogen-bond donors (Lipinski definition) is 1. The first kappa shape index (κ1) is 14.5. The van der Waals surface area contributed by atoms with E-state index in [0.717, 1.165) is 0 Å². The fourth-order valence-corrected chi connectivity index (χ4v) is 2.13. The Balaban J connectivity index is 2.88. The third-order valence-electron chi connectivity index (χ3n) is 2.18. The smallest absolute Gasteiger partial charge is 0.165 e. The lowest BCUT2D eigenvalue weighted by Crippen LogP contribution is -2.35. The summed E-state index contributed by atoms with van der Waals surface area (Å²) < 4.78 is 28.0. The lowest BCUT2D eigenvalue weighted by atomic mass is 10.1. The summed E-state index contributed by atoms with van der Waals surface area (Å²) in [5.41, 5.74) is 0.364. The third-order valence-corrected chi connectivity index (χ3v) is 4.13. The maximum absolute atomic E-state index is 13.7. The molecule has 1 unspecified atom stereocenters. The zero-order valence-electron chi connectivity index (χ0n) is 10.3. The van der Waals surface area contributed by atoms with Gasteiger partial charge in [-0.05, 0) is 33.8 Å². The number of hydrogen-bond acceptors (Lipinski definition) is 2. The van der Waals surface area contributed by atoms with Crippen molar-refractivity contribution < 1.29 is 8.60 Å². The van der Waals surface area contributed by atoms with Gasteiger partial charge < -0.3 is 0 Å². The minimum atomic E-state index is -1.26. The van der Waals surface area contributed by atoms with Crippen LogP contribution in [0, 0.1) is 5.82 Å². The predicted octanol–water partition coefficient (Wildman–Crippen LogP) is 2.99. The second kappa shape index (κ2) is 5.42. The van der Waals surface area contributed by atoms with Crippen LogP contribution >= 0.6 is 11.6 Å². The first-order valence-corrected chi connectivity index (χ1v) is 6.74. The van der Waals surface area contributed by atoms with Gasteiger partial charge in [0.1, 0.15) is 0 Å². The minimum absolute atomic E-state index is 0.169. The Morgan fingerprint density at radius 3 is 2.65 bits per heavy atom. The van der Waals surface area contributed by atoms with E-state index in [9.17, 15) is 8.60 Å². The fourth-order valence-electron chi connectivity index (χ4n) is 1.17. The van der Waals surface area contributed by atoms with Crippen molar-refractivity contribution >= 4 is 22.6 Å². The van der Waals surface area contributed by atoms with Gasteiger partial charge in [-0.1, -0.05) is 11.6 Å². The topological polar surface area (TPSA) is 42.0 Å². The van der Waals surface area contributed by atoms with Crippen molar-refractivity contribution in [2.45, 2.75) is 38.5 Å². The van der Waals surface area contributed by atoms with Crippen LogP contribution in [0.15, 0.2) is 12.3 Å². The van der Waals surface area contributed by atoms with Gasteiger partial charge in [-0.3, -0.25) is 0 Å². The molecule has 3 nitrogen and oxygen atoms in total. The molecule has 0 amide bonds. The molecule has 1 aromatic heterocycles. The molecule has 1 N–H and O–H groups in total. The van der Waals surface area contributed by atoms with Gasteiger partial charge in [0.05, 0.1) is 15.7 Å². The van der Waals surface area contributed by atoms with Gasteiger partial charge in [-0.25, -0.2) is 18.3 Å². The molecular formula is C11H16ClFN2OS. The summed E-state index contributed by atoms with van der Waals surface area (Å²) in [6, 6.07) is 1.13. The van der Waals surface area contributed by atoms with Crippen LogP contribution < -0.4 is 4.72 Å². The van der Waals surface area contributed by atoms with Crippen LogP contribution in [0.5, 0.6) is 0 Å². The number of nitrogens with zero attached hydrogens (tertiary/aromatic N) is 1. The number of aromatic nitrogens is 1. The molecule has 0 fully saturated rings.